The first-order valence-corrected chi connectivity index (χ1v) is 5.95. The smallest absolute Gasteiger partial charge is 0.350 e. The van der Waals surface area contributed by atoms with Gasteiger partial charge < -0.3 is 10.1 Å². The van der Waals surface area contributed by atoms with E-state index in [1.807, 2.05) is 20.8 Å². The van der Waals surface area contributed by atoms with Crippen LogP contribution in [0.2, 0.25) is 0 Å². The molecule has 0 radical (unpaired) electrons. The minimum Gasteiger partial charge on any atom is -0.450 e. The van der Waals surface area contributed by atoms with E-state index in [2.05, 4.69) is 23.5 Å². The van der Waals surface area contributed by atoms with Crippen LogP contribution in [0, 0.1) is 0 Å². The van der Waals surface area contributed by atoms with Gasteiger partial charge in [-0.2, -0.15) is 4.98 Å². The highest BCUT2D eigenvalue weighted by Crippen LogP contribution is 2.31. The van der Waals surface area contributed by atoms with Crippen LogP contribution in [0.5, 0.6) is 5.75 Å². The molecular weight excluding hydrogens is 242 g/mol. The molecule has 0 atom stereocenters. The normalized spacial score (nSPS) is 14.3. The number of rotatable bonds is 2. The van der Waals surface area contributed by atoms with Crippen LogP contribution in [-0.4, -0.2) is 9.55 Å². The largest absolute Gasteiger partial charge is 0.450 e. The van der Waals surface area contributed by atoms with Gasteiger partial charge >= 0.3 is 5.69 Å². The third kappa shape index (κ3) is 2.31. The molecular formula is C14H17N3O2. The Kier molecular flexibility index (Phi) is 3.06. The summed E-state index contributed by atoms with van der Waals surface area (Å²) in [6.45, 7) is 13.1. The second-order valence-electron chi connectivity index (χ2n) is 5.19. The zero-order valence-corrected chi connectivity index (χ0v) is 11.4. The number of fused-ring (bicyclic) bond motifs is 1. The summed E-state index contributed by atoms with van der Waals surface area (Å²) in [5, 5.41) is 3.01. The van der Waals surface area contributed by atoms with Gasteiger partial charge in [0.1, 0.15) is 0 Å². The van der Waals surface area contributed by atoms with Gasteiger partial charge in [-0.25, -0.2) is 4.79 Å². The molecule has 5 heteroatoms. The first-order chi connectivity index (χ1) is 8.86. The molecule has 1 aliphatic rings. The van der Waals surface area contributed by atoms with Crippen LogP contribution >= 0.6 is 0 Å². The molecule has 0 amide bonds. The van der Waals surface area contributed by atoms with Crippen molar-refractivity contribution in [2.24, 2.45) is 0 Å². The van der Waals surface area contributed by atoms with Gasteiger partial charge in [-0.05, 0) is 32.9 Å². The number of ether oxygens (including phenoxy) is 1. The Morgan fingerprint density at radius 2 is 2.05 bits per heavy atom. The minimum absolute atomic E-state index is 0.326. The fraction of sp³-hybridized carbons (Fsp3) is 0.286. The molecule has 2 rings (SSSR count). The van der Waals surface area contributed by atoms with Crippen LogP contribution in [0.3, 0.4) is 0 Å². The average Bonchev–Trinajstić information content (AvgIpc) is 2.35. The summed E-state index contributed by atoms with van der Waals surface area (Å²) < 4.78 is 7.22. The van der Waals surface area contributed by atoms with Crippen LogP contribution in [0.15, 0.2) is 47.8 Å². The lowest BCUT2D eigenvalue weighted by Gasteiger charge is -2.26. The molecule has 19 heavy (non-hydrogen) atoms. The summed E-state index contributed by atoms with van der Waals surface area (Å²) in [7, 11) is 0. The predicted octanol–water partition coefficient (Wildman–Crippen LogP) is 2.39. The van der Waals surface area contributed by atoms with Crippen molar-refractivity contribution in [3.63, 3.8) is 0 Å². The second kappa shape index (κ2) is 4.42. The fourth-order valence-electron chi connectivity index (χ4n) is 1.75. The van der Waals surface area contributed by atoms with Crippen molar-refractivity contribution in [2.45, 2.75) is 26.3 Å². The number of anilines is 1. The van der Waals surface area contributed by atoms with Crippen molar-refractivity contribution in [1.29, 1.82) is 0 Å². The number of nitrogens with zero attached hydrogens (tertiary/aromatic N) is 2. The van der Waals surface area contributed by atoms with Gasteiger partial charge in [0.2, 0.25) is 0 Å². The molecule has 5 nitrogen and oxygen atoms in total. The number of aromatic nitrogens is 2. The van der Waals surface area contributed by atoms with Crippen LogP contribution in [0.4, 0.5) is 5.82 Å². The topological polar surface area (TPSA) is 56.2 Å². The Bertz CT molecular complexity index is 633. The first-order valence-electron chi connectivity index (χ1n) is 5.95. The van der Waals surface area contributed by atoms with Crippen molar-refractivity contribution >= 4 is 5.82 Å². The zero-order chi connectivity index (χ0) is 14.2. The molecule has 100 valence electrons. The third-order valence-electron chi connectivity index (χ3n) is 2.74. The van der Waals surface area contributed by atoms with E-state index < -0.39 is 0 Å². The molecule has 1 aromatic rings. The van der Waals surface area contributed by atoms with Gasteiger partial charge in [0, 0.05) is 5.54 Å². The van der Waals surface area contributed by atoms with Crippen LogP contribution in [-0.2, 0) is 5.54 Å². The lowest BCUT2D eigenvalue weighted by molar-refractivity contribution is 0.359. The molecule has 2 heterocycles. The highest BCUT2D eigenvalue weighted by Gasteiger charge is 2.22. The Hall–Kier alpha value is -2.30. The highest BCUT2D eigenvalue weighted by atomic mass is 16.5. The summed E-state index contributed by atoms with van der Waals surface area (Å²) >= 11 is 0. The maximum atomic E-state index is 12.0. The van der Waals surface area contributed by atoms with E-state index in [4.69, 9.17) is 4.74 Å². The summed E-state index contributed by atoms with van der Waals surface area (Å²) in [6, 6.07) is 0. The fourth-order valence-corrected chi connectivity index (χ4v) is 1.75. The predicted molar refractivity (Wildman–Crippen MR) is 75.2 cm³/mol. The molecule has 0 aromatic carbocycles. The van der Waals surface area contributed by atoms with Gasteiger partial charge in [0.25, 0.3) is 0 Å². The Balaban J connectivity index is 2.56. The third-order valence-corrected chi connectivity index (χ3v) is 2.74. The van der Waals surface area contributed by atoms with E-state index >= 15 is 0 Å². The van der Waals surface area contributed by atoms with Crippen molar-refractivity contribution < 1.29 is 4.74 Å². The maximum Gasteiger partial charge on any atom is 0.350 e. The van der Waals surface area contributed by atoms with E-state index in [9.17, 15) is 4.79 Å². The van der Waals surface area contributed by atoms with Crippen molar-refractivity contribution in [3.05, 3.63) is 53.4 Å². The van der Waals surface area contributed by atoms with Crippen LogP contribution < -0.4 is 15.7 Å². The van der Waals surface area contributed by atoms with Crippen molar-refractivity contribution in [3.8, 4) is 5.75 Å². The van der Waals surface area contributed by atoms with Gasteiger partial charge in [-0.15, -0.1) is 0 Å². The Labute approximate surface area is 111 Å². The van der Waals surface area contributed by atoms with E-state index in [0.29, 0.717) is 23.0 Å². The molecule has 0 bridgehead atoms. The monoisotopic (exact) mass is 259 g/mol. The van der Waals surface area contributed by atoms with Crippen LogP contribution in [0.1, 0.15) is 20.8 Å². The molecule has 0 unspecified atom stereocenters. The van der Waals surface area contributed by atoms with Crippen molar-refractivity contribution in [2.75, 3.05) is 5.32 Å². The van der Waals surface area contributed by atoms with Gasteiger partial charge in [-0.1, -0.05) is 13.2 Å². The first kappa shape index (κ1) is 13.1. The number of hydrogen-bond donors (Lipinski definition) is 1. The molecule has 1 aliphatic heterocycles. The summed E-state index contributed by atoms with van der Waals surface area (Å²) in [6.07, 6.45) is 4.83. The van der Waals surface area contributed by atoms with Crippen LogP contribution in [0.25, 0.3) is 0 Å². The standard InChI is InChI=1S/C14H17N3O2/c1-6-9-10(7-2)19-11-8-17(14(3,4)5)13(18)16-12(11)15-9/h6-8H,1-2H2,3-5H3,(H,15,16,18). The second-order valence-corrected chi connectivity index (χ2v) is 5.19. The molecule has 1 aromatic heterocycles. The molecule has 0 saturated carbocycles. The van der Waals surface area contributed by atoms with Gasteiger partial charge in [-0.3, -0.25) is 4.57 Å². The van der Waals surface area contributed by atoms with E-state index in [0.717, 1.165) is 0 Å². The summed E-state index contributed by atoms with van der Waals surface area (Å²) in [5.74, 6) is 1.45. The Morgan fingerprint density at radius 1 is 1.37 bits per heavy atom. The number of nitrogens with one attached hydrogen (secondary N) is 1. The Morgan fingerprint density at radius 3 is 2.58 bits per heavy atom. The molecule has 0 spiro atoms. The lowest BCUT2D eigenvalue weighted by Crippen LogP contribution is -2.36. The quantitative estimate of drug-likeness (QED) is 0.886. The summed E-state index contributed by atoms with van der Waals surface area (Å²) in [5.41, 5.74) is -0.0464. The highest BCUT2D eigenvalue weighted by molar-refractivity contribution is 5.59. The SMILES string of the molecule is C=CC1=C(C=C)Oc2cn(C(C)(C)C)c(=O)nc2N1. The number of allylic oxidation sites excluding steroid dienone is 2. The molecule has 0 aliphatic carbocycles. The molecule has 0 saturated heterocycles. The summed E-state index contributed by atoms with van der Waals surface area (Å²) in [4.78, 5) is 16.0. The molecule has 1 N–H and O–H groups in total. The number of hydrogen-bond acceptors (Lipinski definition) is 4. The van der Waals surface area contributed by atoms with E-state index in [-0.39, 0.29) is 11.2 Å². The molecule has 0 fully saturated rings. The lowest BCUT2D eigenvalue weighted by atomic mass is 10.1. The van der Waals surface area contributed by atoms with E-state index in [1.54, 1.807) is 18.3 Å². The average molecular weight is 259 g/mol. The zero-order valence-electron chi connectivity index (χ0n) is 11.4. The minimum atomic E-state index is -0.362. The van der Waals surface area contributed by atoms with E-state index in [1.165, 1.54) is 4.57 Å². The maximum absolute atomic E-state index is 12.0. The van der Waals surface area contributed by atoms with Gasteiger partial charge in [0.05, 0.1) is 11.9 Å². The van der Waals surface area contributed by atoms with Crippen molar-refractivity contribution in [1.82, 2.24) is 9.55 Å². The van der Waals surface area contributed by atoms with Gasteiger partial charge in [0.15, 0.2) is 17.3 Å².